The fraction of sp³-hybridized carbons (Fsp3) is 0.423. The number of hydrogen-bond donors (Lipinski definition) is 0. The van der Waals surface area contributed by atoms with Gasteiger partial charge >= 0.3 is 17.9 Å². The molecule has 0 spiro atoms. The number of rotatable bonds is 10. The summed E-state index contributed by atoms with van der Waals surface area (Å²) in [7, 11) is 1.58. The summed E-state index contributed by atoms with van der Waals surface area (Å²) in [6.07, 6.45) is -3.69. The lowest BCUT2D eigenvalue weighted by atomic mass is 9.99. The number of ether oxygens (including phenoxy) is 6. The summed E-state index contributed by atoms with van der Waals surface area (Å²) in [5.74, 6) is -0.933. The highest BCUT2D eigenvalue weighted by Gasteiger charge is 2.51. The van der Waals surface area contributed by atoms with E-state index in [9.17, 15) is 14.4 Å². The Morgan fingerprint density at radius 1 is 0.833 bits per heavy atom. The summed E-state index contributed by atoms with van der Waals surface area (Å²) in [5, 5.41) is 0. The van der Waals surface area contributed by atoms with Crippen LogP contribution in [-0.4, -0.2) is 61.5 Å². The first-order valence-electron chi connectivity index (χ1n) is 11.4. The van der Waals surface area contributed by atoms with E-state index in [-0.39, 0.29) is 13.2 Å². The van der Waals surface area contributed by atoms with Crippen molar-refractivity contribution < 1.29 is 42.8 Å². The smallest absolute Gasteiger partial charge is 0.303 e. The third-order valence-corrected chi connectivity index (χ3v) is 6.40. The molecular weight excluding hydrogens is 488 g/mol. The molecule has 0 aromatic heterocycles. The summed E-state index contributed by atoms with van der Waals surface area (Å²) in [4.78, 5) is 36.5. The molecule has 2 aromatic carbocycles. The summed E-state index contributed by atoms with van der Waals surface area (Å²) in [6, 6.07) is 16.7. The van der Waals surface area contributed by atoms with Gasteiger partial charge in [-0.25, -0.2) is 0 Å². The second-order valence-corrected chi connectivity index (χ2v) is 9.22. The molecule has 36 heavy (non-hydrogen) atoms. The van der Waals surface area contributed by atoms with Gasteiger partial charge in [0.05, 0.1) is 13.7 Å². The number of benzene rings is 2. The minimum atomic E-state index is -1.00. The summed E-state index contributed by atoms with van der Waals surface area (Å²) in [5.41, 5.74) is 0.0961. The topological polar surface area (TPSA) is 107 Å². The SMILES string of the molecule is COc1ccc(CO[C@H]2[C@@H](OC(C)=O)[C@@H](COC(C)=O)O[C@@H](Sc3ccccc3)[C@@H]2OC(C)=O)cc1. The van der Waals surface area contributed by atoms with Crippen LogP contribution in [0.1, 0.15) is 26.3 Å². The summed E-state index contributed by atoms with van der Waals surface area (Å²) < 4.78 is 34.1. The molecule has 10 heteroatoms. The maximum atomic E-state index is 12.1. The minimum absolute atomic E-state index is 0.132. The van der Waals surface area contributed by atoms with Gasteiger partial charge in [0.1, 0.15) is 30.0 Å². The Bertz CT molecular complexity index is 1010. The minimum Gasteiger partial charge on any atom is -0.497 e. The maximum Gasteiger partial charge on any atom is 0.303 e. The first-order chi connectivity index (χ1) is 17.3. The van der Waals surface area contributed by atoms with Crippen molar-refractivity contribution in [3.05, 3.63) is 60.2 Å². The van der Waals surface area contributed by atoms with Crippen LogP contribution in [0.4, 0.5) is 0 Å². The van der Waals surface area contributed by atoms with Crippen molar-refractivity contribution in [2.45, 2.75) is 62.1 Å². The molecular formula is C26H30O9S. The van der Waals surface area contributed by atoms with Crippen molar-refractivity contribution in [3.8, 4) is 5.75 Å². The fourth-order valence-corrected chi connectivity index (χ4v) is 4.82. The standard InChI is InChI=1S/C26H30O9S/c1-16(27)31-15-22-23(33-17(2)28)24(32-14-19-10-12-20(30-4)13-11-19)25(34-18(3)29)26(35-22)36-21-8-6-5-7-9-21/h5-13,22-26H,14-15H2,1-4H3/t22-,23+,24+,25-,26+/m1/s1. The van der Waals surface area contributed by atoms with Crippen LogP contribution in [0, 0.1) is 0 Å². The Balaban J connectivity index is 1.94. The summed E-state index contributed by atoms with van der Waals surface area (Å²) in [6.45, 7) is 3.78. The fourth-order valence-electron chi connectivity index (χ4n) is 3.69. The highest BCUT2D eigenvalue weighted by Crippen LogP contribution is 2.37. The van der Waals surface area contributed by atoms with Crippen molar-refractivity contribution in [3.63, 3.8) is 0 Å². The normalized spacial score (nSPS) is 23.4. The van der Waals surface area contributed by atoms with Crippen molar-refractivity contribution in [1.29, 1.82) is 0 Å². The van der Waals surface area contributed by atoms with E-state index >= 15 is 0 Å². The van der Waals surface area contributed by atoms with Gasteiger partial charge in [0, 0.05) is 25.7 Å². The van der Waals surface area contributed by atoms with Gasteiger partial charge in [0.15, 0.2) is 12.2 Å². The van der Waals surface area contributed by atoms with Gasteiger partial charge in [0.2, 0.25) is 0 Å². The van der Waals surface area contributed by atoms with Crippen LogP contribution in [0.5, 0.6) is 5.75 Å². The lowest BCUT2D eigenvalue weighted by Gasteiger charge is -2.44. The second kappa shape index (κ2) is 13.3. The first kappa shape index (κ1) is 27.5. The molecule has 0 aliphatic carbocycles. The van der Waals surface area contributed by atoms with Crippen LogP contribution in [0.25, 0.3) is 0 Å². The third-order valence-electron chi connectivity index (χ3n) is 5.24. The van der Waals surface area contributed by atoms with Gasteiger partial charge in [-0.1, -0.05) is 42.1 Å². The lowest BCUT2D eigenvalue weighted by Crippen LogP contribution is -2.61. The van der Waals surface area contributed by atoms with Crippen LogP contribution < -0.4 is 4.74 Å². The van der Waals surface area contributed by atoms with E-state index in [1.165, 1.54) is 32.5 Å². The second-order valence-electron chi connectivity index (χ2n) is 8.05. The number of methoxy groups -OCH3 is 1. The van der Waals surface area contributed by atoms with Crippen LogP contribution in [-0.2, 0) is 44.7 Å². The van der Waals surface area contributed by atoms with Gasteiger partial charge in [-0.05, 0) is 29.8 Å². The van der Waals surface area contributed by atoms with E-state index in [0.717, 1.165) is 10.5 Å². The Morgan fingerprint density at radius 2 is 1.47 bits per heavy atom. The lowest BCUT2D eigenvalue weighted by molar-refractivity contribution is -0.241. The molecule has 1 saturated heterocycles. The molecule has 0 unspecified atom stereocenters. The largest absolute Gasteiger partial charge is 0.497 e. The van der Waals surface area contributed by atoms with E-state index < -0.39 is 47.8 Å². The zero-order valence-electron chi connectivity index (χ0n) is 20.6. The van der Waals surface area contributed by atoms with Gasteiger partial charge in [0.25, 0.3) is 0 Å². The Labute approximate surface area is 214 Å². The molecule has 194 valence electrons. The van der Waals surface area contributed by atoms with Crippen molar-refractivity contribution in [1.82, 2.24) is 0 Å². The quantitative estimate of drug-likeness (QED) is 0.342. The molecule has 1 aliphatic rings. The van der Waals surface area contributed by atoms with Crippen molar-refractivity contribution >= 4 is 29.7 Å². The van der Waals surface area contributed by atoms with Crippen LogP contribution in [0.15, 0.2) is 59.5 Å². The number of carbonyl (C=O) groups is 3. The number of thioether (sulfide) groups is 1. The predicted molar refractivity (Wildman–Crippen MR) is 130 cm³/mol. The van der Waals surface area contributed by atoms with E-state index in [1.54, 1.807) is 19.2 Å². The van der Waals surface area contributed by atoms with Crippen LogP contribution in [0.2, 0.25) is 0 Å². The molecule has 0 N–H and O–H groups in total. The van der Waals surface area contributed by atoms with Crippen molar-refractivity contribution in [2.75, 3.05) is 13.7 Å². The number of esters is 3. The Kier molecular flexibility index (Phi) is 10.2. The zero-order chi connectivity index (χ0) is 26.1. The molecule has 1 heterocycles. The Morgan fingerprint density at radius 3 is 2.06 bits per heavy atom. The number of carbonyl (C=O) groups excluding carboxylic acids is 3. The van der Waals surface area contributed by atoms with E-state index in [0.29, 0.717) is 5.75 Å². The molecule has 9 nitrogen and oxygen atoms in total. The molecule has 3 rings (SSSR count). The Hall–Kier alpha value is -3.08. The van der Waals surface area contributed by atoms with E-state index in [1.807, 2.05) is 42.5 Å². The van der Waals surface area contributed by atoms with E-state index in [4.69, 9.17) is 28.4 Å². The maximum absolute atomic E-state index is 12.1. The molecule has 0 amide bonds. The number of hydrogen-bond acceptors (Lipinski definition) is 10. The monoisotopic (exact) mass is 518 g/mol. The van der Waals surface area contributed by atoms with Crippen molar-refractivity contribution in [2.24, 2.45) is 0 Å². The average Bonchev–Trinajstić information content (AvgIpc) is 2.84. The molecule has 2 aromatic rings. The molecule has 0 radical (unpaired) electrons. The summed E-state index contributed by atoms with van der Waals surface area (Å²) >= 11 is 1.33. The van der Waals surface area contributed by atoms with Crippen LogP contribution in [0.3, 0.4) is 0 Å². The molecule has 1 aliphatic heterocycles. The van der Waals surface area contributed by atoms with Crippen LogP contribution >= 0.6 is 11.8 Å². The predicted octanol–water partition coefficient (Wildman–Crippen LogP) is 3.52. The van der Waals surface area contributed by atoms with Gasteiger partial charge in [-0.3, -0.25) is 14.4 Å². The zero-order valence-corrected chi connectivity index (χ0v) is 21.4. The highest BCUT2D eigenvalue weighted by molar-refractivity contribution is 7.99. The average molecular weight is 519 g/mol. The highest BCUT2D eigenvalue weighted by atomic mass is 32.2. The molecule has 0 saturated carbocycles. The van der Waals surface area contributed by atoms with E-state index in [2.05, 4.69) is 0 Å². The third kappa shape index (κ3) is 7.97. The van der Waals surface area contributed by atoms with Gasteiger partial charge < -0.3 is 28.4 Å². The molecule has 5 atom stereocenters. The first-order valence-corrected chi connectivity index (χ1v) is 12.2. The molecule has 1 fully saturated rings. The molecule has 0 bridgehead atoms. The van der Waals surface area contributed by atoms with Gasteiger partial charge in [-0.15, -0.1) is 0 Å². The van der Waals surface area contributed by atoms with Gasteiger partial charge in [-0.2, -0.15) is 0 Å².